The number of nitrogens with zero attached hydrogens (tertiary/aromatic N) is 2. The molecule has 120 valence electrons. The second-order valence-corrected chi connectivity index (χ2v) is 5.49. The van der Waals surface area contributed by atoms with E-state index in [1.165, 1.54) is 18.2 Å². The fourth-order valence-electron chi connectivity index (χ4n) is 2.51. The van der Waals surface area contributed by atoms with E-state index in [1.54, 1.807) is 6.07 Å². The highest BCUT2D eigenvalue weighted by atomic mass is 16.6. The number of non-ortho nitro benzene ring substituents is 1. The van der Waals surface area contributed by atoms with Crippen molar-refractivity contribution in [3.8, 4) is 0 Å². The van der Waals surface area contributed by atoms with Crippen LogP contribution in [0.2, 0.25) is 0 Å². The zero-order chi connectivity index (χ0) is 15.9. The highest BCUT2D eigenvalue weighted by Crippen LogP contribution is 2.13. The van der Waals surface area contributed by atoms with E-state index in [4.69, 9.17) is 0 Å². The van der Waals surface area contributed by atoms with Crippen molar-refractivity contribution in [2.45, 2.75) is 25.4 Å². The Hall–Kier alpha value is -1.99. The molecule has 0 aliphatic carbocycles. The van der Waals surface area contributed by atoms with Crippen molar-refractivity contribution in [1.29, 1.82) is 0 Å². The molecule has 1 saturated heterocycles. The fraction of sp³-hybridized carbons (Fsp3) is 0.533. The number of carbonyl (C=O) groups excluding carboxylic acids is 1. The summed E-state index contributed by atoms with van der Waals surface area (Å²) in [4.78, 5) is 24.4. The predicted molar refractivity (Wildman–Crippen MR) is 81.7 cm³/mol. The molecular formula is C15H21N3O4. The third-order valence-corrected chi connectivity index (χ3v) is 3.81. The van der Waals surface area contributed by atoms with Crippen molar-refractivity contribution in [3.05, 3.63) is 39.9 Å². The number of amides is 1. The van der Waals surface area contributed by atoms with Gasteiger partial charge in [0.15, 0.2) is 0 Å². The van der Waals surface area contributed by atoms with Gasteiger partial charge < -0.3 is 15.3 Å². The second kappa shape index (κ2) is 7.86. The van der Waals surface area contributed by atoms with Crippen LogP contribution in [0.3, 0.4) is 0 Å². The molecular weight excluding hydrogens is 286 g/mol. The SMILES string of the molecule is O=C(NCCCN1CCC(O)CC1)c1cccc([N+](=O)[O-])c1. The number of hydrogen-bond donors (Lipinski definition) is 2. The van der Waals surface area contributed by atoms with Gasteiger partial charge in [0.1, 0.15) is 0 Å². The first-order chi connectivity index (χ1) is 10.6. The molecule has 1 aromatic carbocycles. The Morgan fingerprint density at radius 2 is 2.14 bits per heavy atom. The Balaban J connectivity index is 1.71. The standard InChI is InChI=1S/C15H21N3O4/c19-14-5-9-17(10-6-14)8-2-7-16-15(20)12-3-1-4-13(11-12)18(21)22/h1,3-4,11,14,19H,2,5-10H2,(H,16,20). The van der Waals surface area contributed by atoms with Crippen LogP contribution in [0.5, 0.6) is 0 Å². The summed E-state index contributed by atoms with van der Waals surface area (Å²) in [6, 6.07) is 5.71. The molecule has 0 unspecified atom stereocenters. The zero-order valence-corrected chi connectivity index (χ0v) is 12.4. The highest BCUT2D eigenvalue weighted by molar-refractivity contribution is 5.94. The minimum absolute atomic E-state index is 0.0838. The Morgan fingerprint density at radius 1 is 1.41 bits per heavy atom. The first-order valence-electron chi connectivity index (χ1n) is 7.49. The van der Waals surface area contributed by atoms with Gasteiger partial charge in [0.05, 0.1) is 11.0 Å². The molecule has 1 aliphatic heterocycles. The normalized spacial score (nSPS) is 16.4. The van der Waals surface area contributed by atoms with Crippen LogP contribution < -0.4 is 5.32 Å². The number of nitro benzene ring substituents is 1. The van der Waals surface area contributed by atoms with Crippen molar-refractivity contribution < 1.29 is 14.8 Å². The van der Waals surface area contributed by atoms with Crippen molar-refractivity contribution >= 4 is 11.6 Å². The van der Waals surface area contributed by atoms with Gasteiger partial charge >= 0.3 is 0 Å². The van der Waals surface area contributed by atoms with Gasteiger partial charge in [-0.25, -0.2) is 0 Å². The molecule has 0 atom stereocenters. The summed E-state index contributed by atoms with van der Waals surface area (Å²) in [5.74, 6) is -0.294. The number of benzene rings is 1. The summed E-state index contributed by atoms with van der Waals surface area (Å²) in [5.41, 5.74) is 0.217. The number of piperidine rings is 1. The van der Waals surface area contributed by atoms with E-state index in [1.807, 2.05) is 0 Å². The largest absolute Gasteiger partial charge is 0.393 e. The quantitative estimate of drug-likeness (QED) is 0.467. The summed E-state index contributed by atoms with van der Waals surface area (Å²) in [6.07, 6.45) is 2.25. The minimum Gasteiger partial charge on any atom is -0.393 e. The van der Waals surface area contributed by atoms with Crippen LogP contribution in [-0.4, -0.2) is 53.1 Å². The van der Waals surface area contributed by atoms with Gasteiger partial charge in [0, 0.05) is 37.3 Å². The van der Waals surface area contributed by atoms with Gasteiger partial charge in [0.2, 0.25) is 0 Å². The number of nitro groups is 1. The number of aliphatic hydroxyl groups excluding tert-OH is 1. The maximum atomic E-state index is 11.9. The molecule has 2 rings (SSSR count). The molecule has 0 spiro atoms. The van der Waals surface area contributed by atoms with Gasteiger partial charge in [-0.15, -0.1) is 0 Å². The molecule has 1 aromatic rings. The van der Waals surface area contributed by atoms with Gasteiger partial charge in [-0.2, -0.15) is 0 Å². The molecule has 1 fully saturated rings. The molecule has 0 radical (unpaired) electrons. The predicted octanol–water partition coefficient (Wildman–Crippen LogP) is 1.17. The topological polar surface area (TPSA) is 95.7 Å². The molecule has 1 amide bonds. The molecule has 7 heteroatoms. The van der Waals surface area contributed by atoms with Crippen LogP contribution >= 0.6 is 0 Å². The van der Waals surface area contributed by atoms with Crippen molar-refractivity contribution in [2.75, 3.05) is 26.2 Å². The van der Waals surface area contributed by atoms with Gasteiger partial charge in [0.25, 0.3) is 11.6 Å². The van der Waals surface area contributed by atoms with Crippen LogP contribution in [0.15, 0.2) is 24.3 Å². The van der Waals surface area contributed by atoms with Crippen LogP contribution in [0.4, 0.5) is 5.69 Å². The number of hydrogen-bond acceptors (Lipinski definition) is 5. The molecule has 22 heavy (non-hydrogen) atoms. The van der Waals surface area contributed by atoms with Gasteiger partial charge in [-0.1, -0.05) is 6.07 Å². The zero-order valence-electron chi connectivity index (χ0n) is 12.4. The van der Waals surface area contributed by atoms with E-state index < -0.39 is 4.92 Å². The van der Waals surface area contributed by atoms with Crippen molar-refractivity contribution in [2.24, 2.45) is 0 Å². The molecule has 0 saturated carbocycles. The summed E-state index contributed by atoms with van der Waals surface area (Å²) < 4.78 is 0. The highest BCUT2D eigenvalue weighted by Gasteiger charge is 2.16. The van der Waals surface area contributed by atoms with E-state index in [9.17, 15) is 20.0 Å². The van der Waals surface area contributed by atoms with Crippen LogP contribution in [0.25, 0.3) is 0 Å². The minimum atomic E-state index is -0.512. The molecule has 0 aromatic heterocycles. The number of carbonyl (C=O) groups is 1. The Bertz CT molecular complexity index is 527. The first-order valence-corrected chi connectivity index (χ1v) is 7.49. The molecule has 1 heterocycles. The Kier molecular flexibility index (Phi) is 5.85. The van der Waals surface area contributed by atoms with E-state index in [2.05, 4.69) is 10.2 Å². The Morgan fingerprint density at radius 3 is 2.82 bits per heavy atom. The summed E-state index contributed by atoms with van der Waals surface area (Å²) in [7, 11) is 0. The lowest BCUT2D eigenvalue weighted by atomic mass is 10.1. The molecule has 0 bridgehead atoms. The number of aliphatic hydroxyl groups is 1. The summed E-state index contributed by atoms with van der Waals surface area (Å²) >= 11 is 0. The lowest BCUT2D eigenvalue weighted by Gasteiger charge is -2.29. The third kappa shape index (κ3) is 4.78. The smallest absolute Gasteiger partial charge is 0.270 e. The van der Waals surface area contributed by atoms with Crippen molar-refractivity contribution in [3.63, 3.8) is 0 Å². The van der Waals surface area contributed by atoms with Gasteiger partial charge in [-0.3, -0.25) is 14.9 Å². The maximum Gasteiger partial charge on any atom is 0.270 e. The van der Waals surface area contributed by atoms with Crippen LogP contribution in [0.1, 0.15) is 29.6 Å². The average molecular weight is 307 g/mol. The lowest BCUT2D eigenvalue weighted by molar-refractivity contribution is -0.384. The van der Waals surface area contributed by atoms with E-state index in [0.717, 1.165) is 38.9 Å². The van der Waals surface area contributed by atoms with Gasteiger partial charge in [-0.05, 0) is 31.9 Å². The van der Waals surface area contributed by atoms with Crippen molar-refractivity contribution in [1.82, 2.24) is 10.2 Å². The number of rotatable bonds is 6. The fourth-order valence-corrected chi connectivity index (χ4v) is 2.51. The lowest BCUT2D eigenvalue weighted by Crippen LogP contribution is -2.37. The summed E-state index contributed by atoms with van der Waals surface area (Å²) in [6.45, 7) is 3.18. The summed E-state index contributed by atoms with van der Waals surface area (Å²) in [5, 5.41) is 22.9. The maximum absolute atomic E-state index is 11.9. The second-order valence-electron chi connectivity index (χ2n) is 5.49. The third-order valence-electron chi connectivity index (χ3n) is 3.81. The average Bonchev–Trinajstić information content (AvgIpc) is 2.53. The molecule has 7 nitrogen and oxygen atoms in total. The van der Waals surface area contributed by atoms with E-state index in [-0.39, 0.29) is 17.7 Å². The van der Waals surface area contributed by atoms with Crippen LogP contribution in [-0.2, 0) is 0 Å². The van der Waals surface area contributed by atoms with E-state index in [0.29, 0.717) is 12.1 Å². The molecule has 2 N–H and O–H groups in total. The number of nitrogens with one attached hydrogen (secondary N) is 1. The first kappa shape index (κ1) is 16.4. The van der Waals surface area contributed by atoms with Crippen LogP contribution in [0, 0.1) is 10.1 Å². The molecule has 1 aliphatic rings. The van der Waals surface area contributed by atoms with E-state index >= 15 is 0 Å². The monoisotopic (exact) mass is 307 g/mol. The number of likely N-dealkylation sites (tertiary alicyclic amines) is 1. The Labute approximate surface area is 129 Å².